The van der Waals surface area contributed by atoms with E-state index in [1.54, 1.807) is 13.0 Å². The standard InChI is InChI=1S/C19H22ClNO3/c1-13-5-4-6-17(11-13)24-15(3)19(22)21-9-10-23-16-8-7-14(2)18(20)12-16/h4-8,11-12,15H,9-10H2,1-3H3,(H,21,22)/t15-/m1/s1. The van der Waals surface area contributed by atoms with Gasteiger partial charge in [-0.2, -0.15) is 0 Å². The van der Waals surface area contributed by atoms with E-state index in [0.717, 1.165) is 11.1 Å². The number of aryl methyl sites for hydroxylation is 2. The maximum Gasteiger partial charge on any atom is 0.260 e. The summed E-state index contributed by atoms with van der Waals surface area (Å²) in [6, 6.07) is 13.1. The third kappa shape index (κ3) is 5.46. The molecule has 0 saturated carbocycles. The number of halogens is 1. The van der Waals surface area contributed by atoms with Crippen molar-refractivity contribution in [1.82, 2.24) is 5.32 Å². The van der Waals surface area contributed by atoms with Crippen molar-refractivity contribution in [3.8, 4) is 11.5 Å². The first-order valence-electron chi connectivity index (χ1n) is 7.85. The number of hydrogen-bond acceptors (Lipinski definition) is 3. The van der Waals surface area contributed by atoms with Crippen LogP contribution in [0.1, 0.15) is 18.1 Å². The summed E-state index contributed by atoms with van der Waals surface area (Å²) in [6.07, 6.45) is -0.569. The molecule has 0 aliphatic rings. The molecule has 2 rings (SSSR count). The minimum absolute atomic E-state index is 0.179. The predicted molar refractivity (Wildman–Crippen MR) is 96.0 cm³/mol. The van der Waals surface area contributed by atoms with Crippen LogP contribution in [-0.2, 0) is 4.79 Å². The molecule has 0 fully saturated rings. The molecule has 0 spiro atoms. The highest BCUT2D eigenvalue weighted by Crippen LogP contribution is 2.21. The van der Waals surface area contributed by atoms with E-state index < -0.39 is 6.10 Å². The summed E-state index contributed by atoms with van der Waals surface area (Å²) in [7, 11) is 0. The molecule has 1 atom stereocenters. The minimum atomic E-state index is -0.569. The lowest BCUT2D eigenvalue weighted by Gasteiger charge is -2.15. The molecule has 24 heavy (non-hydrogen) atoms. The predicted octanol–water partition coefficient (Wildman–Crippen LogP) is 3.92. The Bertz CT molecular complexity index is 703. The van der Waals surface area contributed by atoms with Crippen LogP contribution in [0.5, 0.6) is 11.5 Å². The van der Waals surface area contributed by atoms with Gasteiger partial charge in [-0.3, -0.25) is 4.79 Å². The van der Waals surface area contributed by atoms with Crippen LogP contribution in [0.2, 0.25) is 5.02 Å². The van der Waals surface area contributed by atoms with Crippen molar-refractivity contribution < 1.29 is 14.3 Å². The largest absolute Gasteiger partial charge is 0.492 e. The van der Waals surface area contributed by atoms with Gasteiger partial charge in [0.1, 0.15) is 18.1 Å². The van der Waals surface area contributed by atoms with Gasteiger partial charge < -0.3 is 14.8 Å². The average Bonchev–Trinajstić information content (AvgIpc) is 2.54. The highest BCUT2D eigenvalue weighted by Gasteiger charge is 2.14. The molecule has 2 aromatic carbocycles. The topological polar surface area (TPSA) is 47.6 Å². The molecule has 0 aliphatic carbocycles. The van der Waals surface area contributed by atoms with Crippen LogP contribution in [-0.4, -0.2) is 25.2 Å². The molecule has 2 aromatic rings. The first-order chi connectivity index (χ1) is 11.5. The monoisotopic (exact) mass is 347 g/mol. The van der Waals surface area contributed by atoms with Gasteiger partial charge in [-0.25, -0.2) is 0 Å². The first kappa shape index (κ1) is 18.1. The van der Waals surface area contributed by atoms with E-state index in [9.17, 15) is 4.79 Å². The van der Waals surface area contributed by atoms with Crippen molar-refractivity contribution in [3.05, 3.63) is 58.6 Å². The molecule has 5 heteroatoms. The van der Waals surface area contributed by atoms with Gasteiger partial charge in [0.2, 0.25) is 0 Å². The van der Waals surface area contributed by atoms with Crippen LogP contribution in [0.15, 0.2) is 42.5 Å². The Labute approximate surface area is 147 Å². The average molecular weight is 348 g/mol. The van der Waals surface area contributed by atoms with Gasteiger partial charge in [0, 0.05) is 5.02 Å². The zero-order valence-corrected chi connectivity index (χ0v) is 14.9. The van der Waals surface area contributed by atoms with Gasteiger partial charge >= 0.3 is 0 Å². The number of benzene rings is 2. The number of carbonyl (C=O) groups excluding carboxylic acids is 1. The maximum absolute atomic E-state index is 12.0. The Morgan fingerprint density at radius 1 is 1.17 bits per heavy atom. The molecule has 128 valence electrons. The summed E-state index contributed by atoms with van der Waals surface area (Å²) in [6.45, 7) is 6.39. The van der Waals surface area contributed by atoms with Crippen molar-refractivity contribution in [3.63, 3.8) is 0 Å². The van der Waals surface area contributed by atoms with Gasteiger partial charge in [-0.15, -0.1) is 0 Å². The molecular weight excluding hydrogens is 326 g/mol. The fraction of sp³-hybridized carbons (Fsp3) is 0.316. The fourth-order valence-corrected chi connectivity index (χ4v) is 2.27. The summed E-state index contributed by atoms with van der Waals surface area (Å²) in [5.41, 5.74) is 2.09. The first-order valence-corrected chi connectivity index (χ1v) is 8.23. The quantitative estimate of drug-likeness (QED) is 0.772. The zero-order chi connectivity index (χ0) is 17.5. The van der Waals surface area contributed by atoms with E-state index >= 15 is 0 Å². The Kier molecular flexibility index (Phi) is 6.50. The van der Waals surface area contributed by atoms with Crippen molar-refractivity contribution in [2.45, 2.75) is 26.9 Å². The highest BCUT2D eigenvalue weighted by atomic mass is 35.5. The molecule has 0 radical (unpaired) electrons. The number of hydrogen-bond donors (Lipinski definition) is 1. The SMILES string of the molecule is Cc1cccc(O[C@H](C)C(=O)NCCOc2ccc(C)c(Cl)c2)c1. The summed E-state index contributed by atoms with van der Waals surface area (Å²) in [5, 5.41) is 3.46. The van der Waals surface area contributed by atoms with Crippen LogP contribution in [0.3, 0.4) is 0 Å². The molecule has 0 aliphatic heterocycles. The lowest BCUT2D eigenvalue weighted by molar-refractivity contribution is -0.127. The highest BCUT2D eigenvalue weighted by molar-refractivity contribution is 6.31. The fourth-order valence-electron chi connectivity index (χ4n) is 2.10. The van der Waals surface area contributed by atoms with Crippen molar-refractivity contribution in [1.29, 1.82) is 0 Å². The van der Waals surface area contributed by atoms with Crippen LogP contribution < -0.4 is 14.8 Å². The van der Waals surface area contributed by atoms with E-state index in [4.69, 9.17) is 21.1 Å². The van der Waals surface area contributed by atoms with Crippen molar-refractivity contribution in [2.75, 3.05) is 13.2 Å². The number of amides is 1. The van der Waals surface area contributed by atoms with Crippen molar-refractivity contribution in [2.24, 2.45) is 0 Å². The van der Waals surface area contributed by atoms with Crippen LogP contribution in [0.4, 0.5) is 0 Å². The van der Waals surface area contributed by atoms with Gasteiger partial charge in [-0.1, -0.05) is 29.8 Å². The molecule has 0 unspecified atom stereocenters. The molecule has 0 heterocycles. The third-order valence-corrected chi connectivity index (χ3v) is 3.89. The summed E-state index contributed by atoms with van der Waals surface area (Å²) in [4.78, 5) is 12.0. The number of rotatable bonds is 7. The zero-order valence-electron chi connectivity index (χ0n) is 14.1. The Hall–Kier alpha value is -2.20. The number of ether oxygens (including phenoxy) is 2. The molecule has 4 nitrogen and oxygen atoms in total. The number of nitrogens with one attached hydrogen (secondary N) is 1. The van der Waals surface area contributed by atoms with E-state index in [1.165, 1.54) is 0 Å². The maximum atomic E-state index is 12.0. The third-order valence-electron chi connectivity index (χ3n) is 3.48. The van der Waals surface area contributed by atoms with Crippen LogP contribution in [0, 0.1) is 13.8 Å². The molecule has 0 saturated heterocycles. The second-order valence-corrected chi connectivity index (χ2v) is 6.03. The summed E-state index contributed by atoms with van der Waals surface area (Å²) < 4.78 is 11.2. The van der Waals surface area contributed by atoms with E-state index in [-0.39, 0.29) is 5.91 Å². The Morgan fingerprint density at radius 2 is 1.96 bits per heavy atom. The van der Waals surface area contributed by atoms with E-state index in [1.807, 2.05) is 50.2 Å². The second-order valence-electron chi connectivity index (χ2n) is 5.63. The molecular formula is C19H22ClNO3. The van der Waals surface area contributed by atoms with Gasteiger partial charge in [-0.05, 0) is 56.2 Å². The van der Waals surface area contributed by atoms with Gasteiger partial charge in [0.25, 0.3) is 5.91 Å². The molecule has 0 bridgehead atoms. The van der Waals surface area contributed by atoms with Gasteiger partial charge in [0.15, 0.2) is 6.10 Å². The van der Waals surface area contributed by atoms with Crippen LogP contribution in [0.25, 0.3) is 0 Å². The van der Waals surface area contributed by atoms with Crippen molar-refractivity contribution >= 4 is 17.5 Å². The second kappa shape index (κ2) is 8.60. The lowest BCUT2D eigenvalue weighted by atomic mass is 10.2. The van der Waals surface area contributed by atoms with Gasteiger partial charge in [0.05, 0.1) is 6.54 Å². The molecule has 1 amide bonds. The summed E-state index contributed by atoms with van der Waals surface area (Å²) >= 11 is 6.04. The van der Waals surface area contributed by atoms with E-state index in [0.29, 0.717) is 29.7 Å². The minimum Gasteiger partial charge on any atom is -0.492 e. The lowest BCUT2D eigenvalue weighted by Crippen LogP contribution is -2.38. The van der Waals surface area contributed by atoms with Crippen LogP contribution >= 0.6 is 11.6 Å². The number of carbonyl (C=O) groups is 1. The van der Waals surface area contributed by atoms with E-state index in [2.05, 4.69) is 5.32 Å². The summed E-state index contributed by atoms with van der Waals surface area (Å²) in [5.74, 6) is 1.19. The normalized spacial score (nSPS) is 11.7. The Morgan fingerprint density at radius 3 is 2.67 bits per heavy atom. The molecule has 0 aromatic heterocycles. The molecule has 1 N–H and O–H groups in total. The Balaban J connectivity index is 1.73. The smallest absolute Gasteiger partial charge is 0.260 e.